The summed E-state index contributed by atoms with van der Waals surface area (Å²) in [6, 6.07) is 17.3. The minimum Gasteiger partial charge on any atom is -0.340 e. The van der Waals surface area contributed by atoms with Crippen molar-refractivity contribution in [2.75, 3.05) is 30.4 Å². The van der Waals surface area contributed by atoms with Crippen molar-refractivity contribution >= 4 is 29.0 Å². The molecule has 2 aromatic carbocycles. The third-order valence-electron chi connectivity index (χ3n) is 4.74. The van der Waals surface area contributed by atoms with Crippen molar-refractivity contribution in [2.24, 2.45) is 0 Å². The van der Waals surface area contributed by atoms with Crippen LogP contribution in [0.1, 0.15) is 22.3 Å². The number of nitrogens with zero attached hydrogens (tertiary/aromatic N) is 3. The van der Waals surface area contributed by atoms with Crippen molar-refractivity contribution < 1.29 is 4.79 Å². The molecule has 0 radical (unpaired) electrons. The molecule has 29 heavy (non-hydrogen) atoms. The van der Waals surface area contributed by atoms with Gasteiger partial charge in [0.15, 0.2) is 0 Å². The molecule has 1 saturated heterocycles. The topological polar surface area (TPSA) is 82.2 Å². The Morgan fingerprint density at radius 3 is 2.45 bits per heavy atom. The van der Waals surface area contributed by atoms with Crippen molar-refractivity contribution in [2.45, 2.75) is 13.3 Å². The summed E-state index contributed by atoms with van der Waals surface area (Å²) in [4.78, 5) is 23.1. The first-order chi connectivity index (χ1) is 14.2. The fourth-order valence-electron chi connectivity index (χ4n) is 3.14. The fraction of sp³-hybridized carbons (Fsp3) is 0.227. The molecule has 1 amide bonds. The van der Waals surface area contributed by atoms with E-state index >= 15 is 0 Å². The molecule has 1 aliphatic rings. The van der Waals surface area contributed by atoms with E-state index in [0.717, 1.165) is 30.9 Å². The van der Waals surface area contributed by atoms with Crippen LogP contribution in [0.5, 0.6) is 0 Å². The van der Waals surface area contributed by atoms with Crippen molar-refractivity contribution in [3.8, 4) is 0 Å². The van der Waals surface area contributed by atoms with Crippen LogP contribution in [0.25, 0.3) is 0 Å². The van der Waals surface area contributed by atoms with Crippen LogP contribution in [0.2, 0.25) is 0 Å². The quantitative estimate of drug-likeness (QED) is 0.619. The molecule has 0 bridgehead atoms. The second kappa shape index (κ2) is 8.70. The van der Waals surface area contributed by atoms with Crippen LogP contribution >= 0.6 is 0 Å². The molecule has 148 valence electrons. The van der Waals surface area contributed by atoms with E-state index in [1.54, 1.807) is 6.20 Å². The van der Waals surface area contributed by atoms with Gasteiger partial charge in [-0.1, -0.05) is 17.7 Å². The van der Waals surface area contributed by atoms with E-state index in [9.17, 15) is 4.79 Å². The van der Waals surface area contributed by atoms with Gasteiger partial charge in [-0.05, 0) is 62.4 Å². The molecule has 2 heterocycles. The third kappa shape index (κ3) is 4.89. The number of rotatable bonds is 5. The Hall–Kier alpha value is -3.45. The first kappa shape index (κ1) is 18.9. The predicted molar refractivity (Wildman–Crippen MR) is 115 cm³/mol. The van der Waals surface area contributed by atoms with Gasteiger partial charge in [0.05, 0.1) is 6.67 Å². The maximum Gasteiger partial charge on any atom is 0.254 e. The van der Waals surface area contributed by atoms with Crippen molar-refractivity contribution in [3.05, 3.63) is 71.9 Å². The number of aryl methyl sites for hydroxylation is 1. The minimum absolute atomic E-state index is 0.0456. The van der Waals surface area contributed by atoms with Gasteiger partial charge in [0.2, 0.25) is 5.95 Å². The molecule has 1 fully saturated rings. The van der Waals surface area contributed by atoms with E-state index in [2.05, 4.69) is 32.8 Å². The van der Waals surface area contributed by atoms with Crippen LogP contribution in [0, 0.1) is 6.92 Å². The third-order valence-corrected chi connectivity index (χ3v) is 4.74. The van der Waals surface area contributed by atoms with Crippen LogP contribution in [-0.4, -0.2) is 40.5 Å². The zero-order chi connectivity index (χ0) is 20.1. The van der Waals surface area contributed by atoms with E-state index in [4.69, 9.17) is 0 Å². The number of nitrogens with one attached hydrogen (secondary N) is 3. The maximum atomic E-state index is 12.5. The van der Waals surface area contributed by atoms with E-state index in [0.29, 0.717) is 24.0 Å². The van der Waals surface area contributed by atoms with Gasteiger partial charge >= 0.3 is 0 Å². The summed E-state index contributed by atoms with van der Waals surface area (Å²) in [5.74, 6) is 1.24. The van der Waals surface area contributed by atoms with Gasteiger partial charge < -0.3 is 15.5 Å². The number of benzene rings is 2. The van der Waals surface area contributed by atoms with Gasteiger partial charge in [0, 0.05) is 29.7 Å². The summed E-state index contributed by atoms with van der Waals surface area (Å²) in [6.45, 7) is 4.41. The Labute approximate surface area is 170 Å². The Kier molecular flexibility index (Phi) is 5.67. The molecular weight excluding hydrogens is 364 g/mol. The van der Waals surface area contributed by atoms with E-state index in [1.807, 2.05) is 59.5 Å². The standard InChI is InChI=1S/C22H24N6O/c1-16-3-7-18(8-4-16)25-20-11-13-24-22(27-20)26-19-9-5-17(6-10-19)21(29)28-14-2-12-23-15-28/h3-11,13,23H,2,12,14-15H2,1H3,(H2,24,25,26,27). The zero-order valence-electron chi connectivity index (χ0n) is 16.4. The van der Waals surface area contributed by atoms with Gasteiger partial charge in [-0.15, -0.1) is 0 Å². The maximum absolute atomic E-state index is 12.5. The first-order valence-corrected chi connectivity index (χ1v) is 9.71. The van der Waals surface area contributed by atoms with Crippen molar-refractivity contribution in [1.82, 2.24) is 20.2 Å². The summed E-state index contributed by atoms with van der Waals surface area (Å²) >= 11 is 0. The molecule has 1 aromatic heterocycles. The molecule has 0 saturated carbocycles. The average molecular weight is 388 g/mol. The molecule has 0 atom stereocenters. The smallest absolute Gasteiger partial charge is 0.254 e. The number of carbonyl (C=O) groups excluding carboxylic acids is 1. The summed E-state index contributed by atoms with van der Waals surface area (Å²) in [7, 11) is 0. The van der Waals surface area contributed by atoms with E-state index in [1.165, 1.54) is 5.56 Å². The second-order valence-electron chi connectivity index (χ2n) is 7.04. The number of hydrogen-bond donors (Lipinski definition) is 3. The average Bonchev–Trinajstić information content (AvgIpc) is 2.76. The number of anilines is 4. The number of aromatic nitrogens is 2. The number of carbonyl (C=O) groups is 1. The highest BCUT2D eigenvalue weighted by atomic mass is 16.2. The predicted octanol–water partition coefficient (Wildman–Crippen LogP) is 3.67. The van der Waals surface area contributed by atoms with Crippen LogP contribution in [0.4, 0.5) is 23.1 Å². The van der Waals surface area contributed by atoms with E-state index < -0.39 is 0 Å². The van der Waals surface area contributed by atoms with Gasteiger partial charge in [0.25, 0.3) is 5.91 Å². The van der Waals surface area contributed by atoms with Crippen LogP contribution in [-0.2, 0) is 0 Å². The van der Waals surface area contributed by atoms with Gasteiger partial charge in [-0.3, -0.25) is 10.1 Å². The van der Waals surface area contributed by atoms with Gasteiger partial charge in [-0.25, -0.2) is 4.98 Å². The molecule has 3 N–H and O–H groups in total. The van der Waals surface area contributed by atoms with E-state index in [-0.39, 0.29) is 5.91 Å². The van der Waals surface area contributed by atoms with Crippen LogP contribution in [0.3, 0.4) is 0 Å². The highest BCUT2D eigenvalue weighted by molar-refractivity contribution is 5.94. The lowest BCUT2D eigenvalue weighted by Gasteiger charge is -2.27. The monoisotopic (exact) mass is 388 g/mol. The molecular formula is C22H24N6O. The zero-order valence-corrected chi connectivity index (χ0v) is 16.4. The normalized spacial score (nSPS) is 13.8. The van der Waals surface area contributed by atoms with Crippen LogP contribution < -0.4 is 16.0 Å². The van der Waals surface area contributed by atoms with Crippen molar-refractivity contribution in [3.63, 3.8) is 0 Å². The second-order valence-corrected chi connectivity index (χ2v) is 7.04. The fourth-order valence-corrected chi connectivity index (χ4v) is 3.14. The van der Waals surface area contributed by atoms with Gasteiger partial charge in [-0.2, -0.15) is 4.98 Å². The summed E-state index contributed by atoms with van der Waals surface area (Å²) < 4.78 is 0. The highest BCUT2D eigenvalue weighted by Gasteiger charge is 2.17. The lowest BCUT2D eigenvalue weighted by molar-refractivity contribution is 0.0712. The number of hydrogen-bond acceptors (Lipinski definition) is 6. The Balaban J connectivity index is 1.41. The number of amides is 1. The molecule has 1 aliphatic heterocycles. The van der Waals surface area contributed by atoms with Gasteiger partial charge in [0.1, 0.15) is 5.82 Å². The SMILES string of the molecule is Cc1ccc(Nc2ccnc(Nc3ccc(C(=O)N4CCCNC4)cc3)n2)cc1. The summed E-state index contributed by atoms with van der Waals surface area (Å²) in [6.07, 6.45) is 2.68. The highest BCUT2D eigenvalue weighted by Crippen LogP contribution is 2.19. The molecule has 0 spiro atoms. The molecule has 4 rings (SSSR count). The first-order valence-electron chi connectivity index (χ1n) is 9.71. The largest absolute Gasteiger partial charge is 0.340 e. The van der Waals surface area contributed by atoms with Crippen LogP contribution in [0.15, 0.2) is 60.8 Å². The molecule has 0 aliphatic carbocycles. The Bertz CT molecular complexity index is 965. The summed E-state index contributed by atoms with van der Waals surface area (Å²) in [5, 5.41) is 9.68. The summed E-state index contributed by atoms with van der Waals surface area (Å²) in [5.41, 5.74) is 3.68. The Morgan fingerprint density at radius 2 is 1.72 bits per heavy atom. The molecule has 3 aromatic rings. The lowest BCUT2D eigenvalue weighted by atomic mass is 10.1. The molecule has 0 unspecified atom stereocenters. The Morgan fingerprint density at radius 1 is 1.00 bits per heavy atom. The minimum atomic E-state index is 0.0456. The molecule has 7 nitrogen and oxygen atoms in total. The van der Waals surface area contributed by atoms with Crippen molar-refractivity contribution in [1.29, 1.82) is 0 Å². The molecule has 7 heteroatoms. The lowest BCUT2D eigenvalue weighted by Crippen LogP contribution is -2.44.